The molecular weight excluding hydrogens is 607 g/mol. The Balaban J connectivity index is 1.11. The van der Waals surface area contributed by atoms with Crippen LogP contribution in [0.3, 0.4) is 0 Å². The summed E-state index contributed by atoms with van der Waals surface area (Å²) in [4.78, 5) is 14.9. The number of rotatable bonds is 4. The average molecular weight is 636 g/mol. The van der Waals surface area contributed by atoms with E-state index in [0.717, 1.165) is 50.1 Å². The van der Waals surface area contributed by atoms with E-state index >= 15 is 0 Å². The van der Waals surface area contributed by atoms with Gasteiger partial charge in [-0.05, 0) is 109 Å². The van der Waals surface area contributed by atoms with E-state index in [9.17, 15) is 0 Å². The summed E-state index contributed by atoms with van der Waals surface area (Å²) in [6, 6.07) is 60.5. The minimum absolute atomic E-state index is 0.696. The summed E-state index contributed by atoms with van der Waals surface area (Å²) in [6.07, 6.45) is 1.84. The Morgan fingerprint density at radius 3 is 1.30 bits per heavy atom. The minimum atomic E-state index is 0.696. The molecule has 0 spiro atoms. The molecule has 0 saturated heterocycles. The van der Waals surface area contributed by atoms with Crippen molar-refractivity contribution in [2.75, 3.05) is 0 Å². The first-order valence-electron chi connectivity index (χ1n) is 16.9. The molecular formula is C47H29N3. The van der Waals surface area contributed by atoms with Gasteiger partial charge in [-0.25, -0.2) is 9.97 Å². The van der Waals surface area contributed by atoms with E-state index < -0.39 is 0 Å². The van der Waals surface area contributed by atoms with Crippen LogP contribution in [0.15, 0.2) is 176 Å². The van der Waals surface area contributed by atoms with Crippen LogP contribution < -0.4 is 0 Å². The lowest BCUT2D eigenvalue weighted by Gasteiger charge is -2.12. The predicted octanol–water partition coefficient (Wildman–Crippen LogP) is 12.3. The van der Waals surface area contributed by atoms with E-state index in [1.54, 1.807) is 0 Å². The van der Waals surface area contributed by atoms with Gasteiger partial charge in [-0.1, -0.05) is 115 Å². The second-order valence-corrected chi connectivity index (χ2v) is 13.0. The molecule has 0 aliphatic heterocycles. The molecule has 0 aliphatic rings. The molecule has 10 aromatic rings. The molecule has 3 heteroatoms. The highest BCUT2D eigenvalue weighted by molar-refractivity contribution is 6.01. The molecule has 0 bridgehead atoms. The van der Waals surface area contributed by atoms with Gasteiger partial charge in [0.05, 0.1) is 16.9 Å². The van der Waals surface area contributed by atoms with Crippen molar-refractivity contribution in [3.05, 3.63) is 176 Å². The van der Waals surface area contributed by atoms with Crippen molar-refractivity contribution in [1.29, 1.82) is 0 Å². The lowest BCUT2D eigenvalue weighted by Crippen LogP contribution is -1.96. The first-order valence-corrected chi connectivity index (χ1v) is 16.9. The third-order valence-electron chi connectivity index (χ3n) is 9.81. The topological polar surface area (TPSA) is 38.7 Å². The fraction of sp³-hybridized carbons (Fsp3) is 0. The average Bonchev–Trinajstić information content (AvgIpc) is 3.18. The summed E-state index contributed by atoms with van der Waals surface area (Å²) < 4.78 is 0. The molecule has 3 nitrogen and oxygen atoms in total. The maximum absolute atomic E-state index is 5.19. The highest BCUT2D eigenvalue weighted by atomic mass is 14.9. The van der Waals surface area contributed by atoms with Crippen LogP contribution in [0.4, 0.5) is 0 Å². The van der Waals surface area contributed by atoms with Gasteiger partial charge in [-0.15, -0.1) is 0 Å². The van der Waals surface area contributed by atoms with Crippen molar-refractivity contribution in [3.63, 3.8) is 0 Å². The quantitative estimate of drug-likeness (QED) is 0.181. The molecule has 232 valence electrons. The smallest absolute Gasteiger partial charge is 0.160 e. The molecule has 0 fully saturated rings. The normalized spacial score (nSPS) is 11.6. The highest BCUT2D eigenvalue weighted by Gasteiger charge is 2.13. The van der Waals surface area contributed by atoms with Crippen LogP contribution in [0.1, 0.15) is 0 Å². The van der Waals surface area contributed by atoms with Crippen molar-refractivity contribution in [3.8, 4) is 45.0 Å². The van der Waals surface area contributed by atoms with Gasteiger partial charge in [0.25, 0.3) is 0 Å². The number of aromatic nitrogens is 3. The fourth-order valence-electron chi connectivity index (χ4n) is 7.13. The molecule has 0 aliphatic carbocycles. The van der Waals surface area contributed by atoms with Crippen LogP contribution in [0.5, 0.6) is 0 Å². The summed E-state index contributed by atoms with van der Waals surface area (Å²) in [6.45, 7) is 0. The number of pyridine rings is 1. The molecule has 0 unspecified atom stereocenters. The number of benzene rings is 8. The SMILES string of the molecule is c1ccc2cc3cc(-c4cc(-c5ccc6cc7ccccc7cc6c5)nc(-c5ccc(-c6ccc7cccnc7c6)cc5)n4)ccc3cc2c1. The zero-order chi connectivity index (χ0) is 33.0. The fourth-order valence-corrected chi connectivity index (χ4v) is 7.13. The van der Waals surface area contributed by atoms with Crippen LogP contribution in [-0.4, -0.2) is 15.0 Å². The zero-order valence-corrected chi connectivity index (χ0v) is 27.1. The van der Waals surface area contributed by atoms with Crippen LogP contribution in [-0.2, 0) is 0 Å². The lowest BCUT2D eigenvalue weighted by molar-refractivity contribution is 1.18. The Labute approximate surface area is 289 Å². The Kier molecular flexibility index (Phi) is 6.49. The molecule has 0 amide bonds. The minimum Gasteiger partial charge on any atom is -0.256 e. The van der Waals surface area contributed by atoms with E-state index in [4.69, 9.17) is 9.97 Å². The third-order valence-corrected chi connectivity index (χ3v) is 9.81. The molecule has 50 heavy (non-hydrogen) atoms. The highest BCUT2D eigenvalue weighted by Crippen LogP contribution is 2.34. The molecule has 2 heterocycles. The number of fused-ring (bicyclic) bond motifs is 5. The van der Waals surface area contributed by atoms with Crippen LogP contribution >= 0.6 is 0 Å². The second-order valence-electron chi connectivity index (χ2n) is 13.0. The number of nitrogens with zero attached hydrogens (tertiary/aromatic N) is 3. The Morgan fingerprint density at radius 2 is 0.720 bits per heavy atom. The standard InChI is InChI=1S/C47H29N3/c1-3-8-35-24-42-26-40(19-17-37(42)22-33(35)6-1)45-29-46(41-20-18-38-23-34-7-2-4-9-36(34)25-43(38)27-41)50-47(49-45)32-14-11-30(12-15-32)39-16-13-31-10-5-21-48-44(31)28-39/h1-29H. The largest absolute Gasteiger partial charge is 0.256 e. The first-order chi connectivity index (χ1) is 24.7. The summed E-state index contributed by atoms with van der Waals surface area (Å²) in [7, 11) is 0. The Morgan fingerprint density at radius 1 is 0.280 bits per heavy atom. The van der Waals surface area contributed by atoms with Gasteiger partial charge in [0.15, 0.2) is 5.82 Å². The summed E-state index contributed by atoms with van der Waals surface area (Å²) in [5, 5.41) is 10.9. The van der Waals surface area contributed by atoms with Crippen molar-refractivity contribution >= 4 is 54.0 Å². The molecule has 0 radical (unpaired) electrons. The van der Waals surface area contributed by atoms with E-state index in [-0.39, 0.29) is 0 Å². The van der Waals surface area contributed by atoms with Crippen LogP contribution in [0.2, 0.25) is 0 Å². The van der Waals surface area contributed by atoms with Gasteiger partial charge < -0.3 is 0 Å². The molecule has 8 aromatic carbocycles. The first kappa shape index (κ1) is 28.3. The van der Waals surface area contributed by atoms with E-state index in [1.807, 2.05) is 12.3 Å². The monoisotopic (exact) mass is 635 g/mol. The summed E-state index contributed by atoms with van der Waals surface area (Å²) in [5.74, 6) is 0.696. The molecule has 0 atom stereocenters. The maximum atomic E-state index is 5.19. The van der Waals surface area contributed by atoms with E-state index in [2.05, 4.69) is 169 Å². The van der Waals surface area contributed by atoms with Gasteiger partial charge >= 0.3 is 0 Å². The van der Waals surface area contributed by atoms with Crippen molar-refractivity contribution in [2.24, 2.45) is 0 Å². The van der Waals surface area contributed by atoms with Crippen molar-refractivity contribution in [1.82, 2.24) is 15.0 Å². The maximum Gasteiger partial charge on any atom is 0.160 e. The Hall–Kier alpha value is -6.71. The molecule has 0 N–H and O–H groups in total. The number of hydrogen-bond acceptors (Lipinski definition) is 3. The second kappa shape index (κ2) is 11.5. The Bertz CT molecular complexity index is 2790. The lowest BCUT2D eigenvalue weighted by atomic mass is 9.98. The molecule has 2 aromatic heterocycles. The van der Waals surface area contributed by atoms with Gasteiger partial charge in [0, 0.05) is 28.3 Å². The van der Waals surface area contributed by atoms with Crippen molar-refractivity contribution in [2.45, 2.75) is 0 Å². The molecule has 10 rings (SSSR count). The summed E-state index contributed by atoms with van der Waals surface area (Å²) >= 11 is 0. The van der Waals surface area contributed by atoms with Crippen molar-refractivity contribution < 1.29 is 0 Å². The van der Waals surface area contributed by atoms with Crippen LogP contribution in [0.25, 0.3) is 99.0 Å². The summed E-state index contributed by atoms with van der Waals surface area (Å²) in [5.41, 5.74) is 8.11. The third kappa shape index (κ3) is 5.04. The van der Waals surface area contributed by atoms with E-state index in [1.165, 1.54) is 43.1 Å². The van der Waals surface area contributed by atoms with Gasteiger partial charge in [0.1, 0.15) is 0 Å². The van der Waals surface area contributed by atoms with Gasteiger partial charge in [0.2, 0.25) is 0 Å². The van der Waals surface area contributed by atoms with Gasteiger partial charge in [-0.2, -0.15) is 0 Å². The number of hydrogen-bond donors (Lipinski definition) is 0. The van der Waals surface area contributed by atoms with Crippen LogP contribution in [0, 0.1) is 0 Å². The zero-order valence-electron chi connectivity index (χ0n) is 27.1. The predicted molar refractivity (Wildman–Crippen MR) is 209 cm³/mol. The van der Waals surface area contributed by atoms with Gasteiger partial charge in [-0.3, -0.25) is 4.98 Å². The van der Waals surface area contributed by atoms with E-state index in [0.29, 0.717) is 5.82 Å². The molecule has 0 saturated carbocycles.